The molecule has 2 rings (SSSR count). The summed E-state index contributed by atoms with van der Waals surface area (Å²) >= 11 is 0. The Bertz CT molecular complexity index is 351. The van der Waals surface area contributed by atoms with Crippen LogP contribution >= 0.6 is 0 Å². The molecular formula is C18H34N2O2. The van der Waals surface area contributed by atoms with Gasteiger partial charge in [0, 0.05) is 12.1 Å². The van der Waals surface area contributed by atoms with E-state index in [9.17, 15) is 4.79 Å². The number of hydrogen-bond donors (Lipinski definition) is 2. The van der Waals surface area contributed by atoms with Gasteiger partial charge in [-0.15, -0.1) is 0 Å². The molecular weight excluding hydrogens is 276 g/mol. The Labute approximate surface area is 135 Å². The normalized spacial score (nSPS) is 32.2. The fourth-order valence-corrected chi connectivity index (χ4v) is 3.49. The third-order valence-corrected chi connectivity index (χ3v) is 4.98. The second-order valence-corrected chi connectivity index (χ2v) is 8.38. The van der Waals surface area contributed by atoms with Crippen molar-refractivity contribution in [3.63, 3.8) is 0 Å². The Morgan fingerprint density at radius 3 is 2.32 bits per heavy atom. The van der Waals surface area contributed by atoms with Gasteiger partial charge in [0.1, 0.15) is 5.60 Å². The molecule has 0 radical (unpaired) electrons. The summed E-state index contributed by atoms with van der Waals surface area (Å²) in [5, 5.41) is 6.58. The first kappa shape index (κ1) is 17.6. The first-order valence-electron chi connectivity index (χ1n) is 9.04. The molecule has 2 saturated carbocycles. The molecule has 0 bridgehead atoms. The number of nitrogens with one attached hydrogen (secondary N) is 2. The summed E-state index contributed by atoms with van der Waals surface area (Å²) in [6.45, 7) is 9.18. The summed E-state index contributed by atoms with van der Waals surface area (Å²) in [6, 6.07) is 0.852. The molecule has 2 aliphatic rings. The maximum Gasteiger partial charge on any atom is 0.407 e. The number of hydrogen-bond acceptors (Lipinski definition) is 3. The van der Waals surface area contributed by atoms with Crippen LogP contribution in [0.4, 0.5) is 4.79 Å². The third kappa shape index (κ3) is 6.15. The largest absolute Gasteiger partial charge is 0.444 e. The van der Waals surface area contributed by atoms with Crippen molar-refractivity contribution in [1.29, 1.82) is 0 Å². The summed E-state index contributed by atoms with van der Waals surface area (Å²) in [5.74, 6) is 1.87. The van der Waals surface area contributed by atoms with Crippen molar-refractivity contribution in [3.8, 4) is 0 Å². The first-order valence-corrected chi connectivity index (χ1v) is 9.04. The molecule has 22 heavy (non-hydrogen) atoms. The highest BCUT2D eigenvalue weighted by Crippen LogP contribution is 2.30. The van der Waals surface area contributed by atoms with Gasteiger partial charge in [-0.25, -0.2) is 4.79 Å². The molecule has 0 unspecified atom stereocenters. The van der Waals surface area contributed by atoms with E-state index in [0.717, 1.165) is 31.2 Å². The van der Waals surface area contributed by atoms with Gasteiger partial charge in [-0.3, -0.25) is 0 Å². The molecule has 0 aromatic rings. The van der Waals surface area contributed by atoms with Crippen LogP contribution in [0, 0.1) is 11.8 Å². The highest BCUT2D eigenvalue weighted by molar-refractivity contribution is 5.68. The molecule has 0 saturated heterocycles. The van der Waals surface area contributed by atoms with Crippen LogP contribution in [-0.2, 0) is 4.74 Å². The maximum absolute atomic E-state index is 11.7. The van der Waals surface area contributed by atoms with Crippen molar-refractivity contribution < 1.29 is 9.53 Å². The monoisotopic (exact) mass is 310 g/mol. The van der Waals surface area contributed by atoms with Crippen molar-refractivity contribution >= 4 is 6.09 Å². The predicted molar refractivity (Wildman–Crippen MR) is 89.9 cm³/mol. The van der Waals surface area contributed by atoms with E-state index >= 15 is 0 Å². The lowest BCUT2D eigenvalue weighted by atomic mass is 9.81. The van der Waals surface area contributed by atoms with Gasteiger partial charge in [0.05, 0.1) is 0 Å². The highest BCUT2D eigenvalue weighted by Gasteiger charge is 2.31. The minimum Gasteiger partial charge on any atom is -0.444 e. The standard InChI is InChI=1S/C18H34N2O2/c1-13-5-7-14(8-6-13)9-10-19-15-11-16(12-15)20-17(21)22-18(2,3)4/h13-16,19H,5-12H2,1-4H3,(H,20,21). The second-order valence-electron chi connectivity index (χ2n) is 8.38. The van der Waals surface area contributed by atoms with E-state index in [-0.39, 0.29) is 12.1 Å². The van der Waals surface area contributed by atoms with Crippen LogP contribution in [0.1, 0.15) is 72.6 Å². The zero-order chi connectivity index (χ0) is 16.2. The van der Waals surface area contributed by atoms with Gasteiger partial charge in [0.25, 0.3) is 0 Å². The summed E-state index contributed by atoms with van der Waals surface area (Å²) in [6.07, 6.45) is 8.74. The molecule has 0 spiro atoms. The third-order valence-electron chi connectivity index (χ3n) is 4.98. The molecule has 0 heterocycles. The molecule has 0 aliphatic heterocycles. The Morgan fingerprint density at radius 1 is 1.09 bits per heavy atom. The van der Waals surface area contributed by atoms with Gasteiger partial charge in [0.2, 0.25) is 0 Å². The Morgan fingerprint density at radius 2 is 1.73 bits per heavy atom. The lowest BCUT2D eigenvalue weighted by molar-refractivity contribution is 0.0465. The van der Waals surface area contributed by atoms with E-state index in [1.807, 2.05) is 20.8 Å². The molecule has 2 fully saturated rings. The van der Waals surface area contributed by atoms with E-state index in [4.69, 9.17) is 4.74 Å². The Balaban J connectivity index is 1.50. The Kier molecular flexibility index (Phi) is 6.13. The molecule has 0 atom stereocenters. The lowest BCUT2D eigenvalue weighted by Gasteiger charge is -2.37. The number of carbonyl (C=O) groups is 1. The van der Waals surface area contributed by atoms with Crippen LogP contribution in [0.3, 0.4) is 0 Å². The van der Waals surface area contributed by atoms with Crippen LogP contribution in [-0.4, -0.2) is 30.3 Å². The van der Waals surface area contributed by atoms with Crippen molar-refractivity contribution in [2.75, 3.05) is 6.54 Å². The minimum absolute atomic E-state index is 0.280. The van der Waals surface area contributed by atoms with Crippen LogP contribution in [0.2, 0.25) is 0 Å². The fourth-order valence-electron chi connectivity index (χ4n) is 3.49. The average Bonchev–Trinajstić information content (AvgIpc) is 2.35. The number of alkyl carbamates (subject to hydrolysis) is 1. The molecule has 4 nitrogen and oxygen atoms in total. The molecule has 2 aliphatic carbocycles. The molecule has 2 N–H and O–H groups in total. The zero-order valence-corrected chi connectivity index (χ0v) is 14.8. The average molecular weight is 310 g/mol. The SMILES string of the molecule is CC1CCC(CCNC2CC(NC(=O)OC(C)(C)C)C2)CC1. The van der Waals surface area contributed by atoms with Crippen molar-refractivity contribution in [2.24, 2.45) is 11.8 Å². The van der Waals surface area contributed by atoms with E-state index in [0.29, 0.717) is 6.04 Å². The van der Waals surface area contributed by atoms with Gasteiger partial charge < -0.3 is 15.4 Å². The molecule has 128 valence electrons. The number of ether oxygens (including phenoxy) is 1. The van der Waals surface area contributed by atoms with Gasteiger partial charge in [-0.05, 0) is 58.4 Å². The van der Waals surface area contributed by atoms with Crippen molar-refractivity contribution in [3.05, 3.63) is 0 Å². The van der Waals surface area contributed by atoms with Crippen molar-refractivity contribution in [2.45, 2.75) is 90.3 Å². The van der Waals surface area contributed by atoms with Crippen LogP contribution in [0.5, 0.6) is 0 Å². The molecule has 0 aromatic carbocycles. The van der Waals surface area contributed by atoms with Crippen LogP contribution < -0.4 is 10.6 Å². The summed E-state index contributed by atoms with van der Waals surface area (Å²) in [4.78, 5) is 11.7. The highest BCUT2D eigenvalue weighted by atomic mass is 16.6. The van der Waals surface area contributed by atoms with E-state index in [1.165, 1.54) is 32.1 Å². The molecule has 4 heteroatoms. The van der Waals surface area contributed by atoms with Gasteiger partial charge in [-0.2, -0.15) is 0 Å². The van der Waals surface area contributed by atoms with Gasteiger partial charge >= 0.3 is 6.09 Å². The quantitative estimate of drug-likeness (QED) is 0.811. The van der Waals surface area contributed by atoms with E-state index < -0.39 is 5.60 Å². The van der Waals surface area contributed by atoms with Crippen LogP contribution in [0.15, 0.2) is 0 Å². The smallest absolute Gasteiger partial charge is 0.407 e. The van der Waals surface area contributed by atoms with Crippen molar-refractivity contribution in [1.82, 2.24) is 10.6 Å². The number of carbonyl (C=O) groups excluding carboxylic acids is 1. The summed E-state index contributed by atoms with van der Waals surface area (Å²) in [7, 11) is 0. The maximum atomic E-state index is 11.7. The second kappa shape index (κ2) is 7.67. The first-order chi connectivity index (χ1) is 10.3. The van der Waals surface area contributed by atoms with E-state index in [1.54, 1.807) is 0 Å². The topological polar surface area (TPSA) is 50.4 Å². The summed E-state index contributed by atoms with van der Waals surface area (Å²) in [5.41, 5.74) is -0.414. The lowest BCUT2D eigenvalue weighted by Crippen LogP contribution is -2.53. The summed E-state index contributed by atoms with van der Waals surface area (Å²) < 4.78 is 5.28. The predicted octanol–water partition coefficient (Wildman–Crippen LogP) is 3.85. The number of rotatable bonds is 5. The van der Waals surface area contributed by atoms with Gasteiger partial charge in [0.15, 0.2) is 0 Å². The minimum atomic E-state index is -0.414. The fraction of sp³-hybridized carbons (Fsp3) is 0.944. The van der Waals surface area contributed by atoms with E-state index in [2.05, 4.69) is 17.6 Å². The van der Waals surface area contributed by atoms with Crippen LogP contribution in [0.25, 0.3) is 0 Å². The number of amides is 1. The van der Waals surface area contributed by atoms with Gasteiger partial charge in [-0.1, -0.05) is 32.6 Å². The molecule has 1 amide bonds. The Hall–Kier alpha value is -0.770. The molecule has 0 aromatic heterocycles. The zero-order valence-electron chi connectivity index (χ0n) is 14.8.